The van der Waals surface area contributed by atoms with Gasteiger partial charge in [0, 0.05) is 35.8 Å². The van der Waals surface area contributed by atoms with Crippen molar-refractivity contribution in [2.45, 2.75) is 26.2 Å². The Labute approximate surface area is 180 Å². The standard InChI is InChI=1S/C23H24N4O4/c1-15-12-22(26-10-4-3-5-11-26)25-19-8-7-17(14-18(15)19)24-23(28)16-6-9-21(31-2)20(13-16)27(29)30/h6-9,12-14H,3-5,10-11H2,1-2H3,(H,24,28). The van der Waals surface area contributed by atoms with Crippen molar-refractivity contribution in [3.8, 4) is 5.75 Å². The predicted octanol–water partition coefficient (Wildman–Crippen LogP) is 4.70. The number of benzene rings is 2. The number of hydrogen-bond acceptors (Lipinski definition) is 6. The molecule has 31 heavy (non-hydrogen) atoms. The van der Waals surface area contributed by atoms with Gasteiger partial charge in [-0.15, -0.1) is 0 Å². The Kier molecular flexibility index (Phi) is 5.70. The molecule has 2 heterocycles. The third-order valence-electron chi connectivity index (χ3n) is 5.58. The van der Waals surface area contributed by atoms with Crippen molar-refractivity contribution in [2.75, 3.05) is 30.4 Å². The molecule has 1 aromatic heterocycles. The summed E-state index contributed by atoms with van der Waals surface area (Å²) >= 11 is 0. The fraction of sp³-hybridized carbons (Fsp3) is 0.304. The van der Waals surface area contributed by atoms with E-state index in [1.165, 1.54) is 44.6 Å². The van der Waals surface area contributed by atoms with Gasteiger partial charge in [0.2, 0.25) is 0 Å². The first-order valence-corrected chi connectivity index (χ1v) is 10.3. The van der Waals surface area contributed by atoms with Gasteiger partial charge in [-0.1, -0.05) is 0 Å². The van der Waals surface area contributed by atoms with Gasteiger partial charge in [0.25, 0.3) is 5.91 Å². The molecule has 1 amide bonds. The first kappa shape index (κ1) is 20.6. The number of piperidine rings is 1. The molecular weight excluding hydrogens is 396 g/mol. The van der Waals surface area contributed by atoms with Crippen LogP contribution < -0.4 is 15.0 Å². The van der Waals surface area contributed by atoms with Crippen LogP contribution in [0.4, 0.5) is 17.2 Å². The Hall–Kier alpha value is -3.68. The summed E-state index contributed by atoms with van der Waals surface area (Å²) in [4.78, 5) is 30.5. The topological polar surface area (TPSA) is 97.6 Å². The maximum absolute atomic E-state index is 12.7. The predicted molar refractivity (Wildman–Crippen MR) is 120 cm³/mol. The van der Waals surface area contributed by atoms with Crippen LogP contribution in [0.25, 0.3) is 10.9 Å². The number of carbonyl (C=O) groups is 1. The van der Waals surface area contributed by atoms with Crippen molar-refractivity contribution in [3.05, 3.63) is 63.7 Å². The maximum atomic E-state index is 12.7. The number of fused-ring (bicyclic) bond motifs is 1. The largest absolute Gasteiger partial charge is 0.490 e. The summed E-state index contributed by atoms with van der Waals surface area (Å²) in [5, 5.41) is 15.0. The number of methoxy groups -OCH3 is 1. The summed E-state index contributed by atoms with van der Waals surface area (Å²) < 4.78 is 4.99. The second-order valence-corrected chi connectivity index (χ2v) is 7.67. The van der Waals surface area contributed by atoms with Gasteiger partial charge < -0.3 is 15.0 Å². The fourth-order valence-electron chi connectivity index (χ4n) is 3.92. The zero-order valence-electron chi connectivity index (χ0n) is 17.6. The summed E-state index contributed by atoms with van der Waals surface area (Å²) in [7, 11) is 1.35. The zero-order valence-corrected chi connectivity index (χ0v) is 17.6. The highest BCUT2D eigenvalue weighted by molar-refractivity contribution is 6.05. The molecule has 1 N–H and O–H groups in total. The Morgan fingerprint density at radius 3 is 2.61 bits per heavy atom. The van der Waals surface area contributed by atoms with E-state index in [-0.39, 0.29) is 17.0 Å². The number of ether oxygens (including phenoxy) is 1. The van der Waals surface area contributed by atoms with Gasteiger partial charge in [-0.2, -0.15) is 0 Å². The van der Waals surface area contributed by atoms with Gasteiger partial charge in [0.05, 0.1) is 17.5 Å². The van der Waals surface area contributed by atoms with Crippen molar-refractivity contribution in [2.24, 2.45) is 0 Å². The van der Waals surface area contributed by atoms with Crippen LogP contribution in [0.2, 0.25) is 0 Å². The number of nitrogens with one attached hydrogen (secondary N) is 1. The SMILES string of the molecule is COc1ccc(C(=O)Nc2ccc3nc(N4CCCCC4)cc(C)c3c2)cc1[N+](=O)[O-]. The molecule has 1 aliphatic rings. The highest BCUT2D eigenvalue weighted by Crippen LogP contribution is 2.29. The number of aromatic nitrogens is 1. The van der Waals surface area contributed by atoms with Crippen molar-refractivity contribution in [1.29, 1.82) is 0 Å². The van der Waals surface area contributed by atoms with Gasteiger partial charge in [-0.25, -0.2) is 4.98 Å². The third-order valence-corrected chi connectivity index (χ3v) is 5.58. The average molecular weight is 420 g/mol. The van der Waals surface area contributed by atoms with E-state index in [2.05, 4.69) is 16.3 Å². The van der Waals surface area contributed by atoms with Crippen LogP contribution in [0.15, 0.2) is 42.5 Å². The van der Waals surface area contributed by atoms with Gasteiger partial charge in [0.15, 0.2) is 5.75 Å². The van der Waals surface area contributed by atoms with Crippen LogP contribution in [0.5, 0.6) is 5.75 Å². The molecule has 1 aliphatic heterocycles. The number of anilines is 2. The molecule has 0 saturated carbocycles. The van der Waals surface area contributed by atoms with E-state index in [0.717, 1.165) is 35.4 Å². The number of nitro groups is 1. The monoisotopic (exact) mass is 420 g/mol. The third kappa shape index (κ3) is 4.28. The van der Waals surface area contributed by atoms with E-state index in [4.69, 9.17) is 9.72 Å². The Morgan fingerprint density at radius 2 is 1.90 bits per heavy atom. The number of aryl methyl sites for hydroxylation is 1. The minimum absolute atomic E-state index is 0.110. The molecule has 0 unspecified atom stereocenters. The van der Waals surface area contributed by atoms with E-state index in [1.54, 1.807) is 6.07 Å². The number of nitrogens with zero attached hydrogens (tertiary/aromatic N) is 3. The molecule has 1 fully saturated rings. The van der Waals surface area contributed by atoms with Gasteiger partial charge >= 0.3 is 5.69 Å². The molecule has 2 aromatic carbocycles. The molecule has 1 saturated heterocycles. The minimum atomic E-state index is -0.569. The second kappa shape index (κ2) is 8.59. The fourth-order valence-corrected chi connectivity index (χ4v) is 3.92. The smallest absolute Gasteiger partial charge is 0.311 e. The number of rotatable bonds is 5. The molecule has 0 radical (unpaired) electrons. The summed E-state index contributed by atoms with van der Waals surface area (Å²) in [5.41, 5.74) is 2.49. The van der Waals surface area contributed by atoms with Crippen LogP contribution in [-0.4, -0.2) is 36.0 Å². The number of amides is 1. The molecule has 3 aromatic rings. The van der Waals surface area contributed by atoms with Crippen LogP contribution in [-0.2, 0) is 0 Å². The Morgan fingerprint density at radius 1 is 1.13 bits per heavy atom. The van der Waals surface area contributed by atoms with Crippen molar-refractivity contribution in [3.63, 3.8) is 0 Å². The molecule has 0 atom stereocenters. The number of carbonyl (C=O) groups excluding carboxylic acids is 1. The van der Waals surface area contributed by atoms with E-state index < -0.39 is 10.8 Å². The lowest BCUT2D eigenvalue weighted by molar-refractivity contribution is -0.385. The summed E-state index contributed by atoms with van der Waals surface area (Å²) in [5.74, 6) is 0.672. The molecule has 0 spiro atoms. The molecule has 0 bridgehead atoms. The first-order chi connectivity index (χ1) is 15.0. The van der Waals surface area contributed by atoms with Gasteiger partial charge in [-0.3, -0.25) is 14.9 Å². The number of pyridine rings is 1. The van der Waals surface area contributed by atoms with Gasteiger partial charge in [-0.05, 0) is 68.1 Å². The van der Waals surface area contributed by atoms with Crippen LogP contribution in [0.3, 0.4) is 0 Å². The number of hydrogen-bond donors (Lipinski definition) is 1. The Bertz CT molecular complexity index is 1160. The van der Waals surface area contributed by atoms with Crippen LogP contribution in [0, 0.1) is 17.0 Å². The quantitative estimate of drug-likeness (QED) is 0.474. The van der Waals surface area contributed by atoms with Crippen molar-refractivity contribution >= 4 is 34.0 Å². The molecule has 4 rings (SSSR count). The van der Waals surface area contributed by atoms with Crippen LogP contribution >= 0.6 is 0 Å². The van der Waals surface area contributed by atoms with Crippen LogP contribution in [0.1, 0.15) is 35.2 Å². The van der Waals surface area contributed by atoms with Crippen molar-refractivity contribution < 1.29 is 14.5 Å². The zero-order chi connectivity index (χ0) is 22.0. The van der Waals surface area contributed by atoms with Gasteiger partial charge in [0.1, 0.15) is 5.82 Å². The lowest BCUT2D eigenvalue weighted by Gasteiger charge is -2.28. The minimum Gasteiger partial charge on any atom is -0.490 e. The molecule has 0 aliphatic carbocycles. The van der Waals surface area contributed by atoms with Crippen molar-refractivity contribution in [1.82, 2.24) is 4.98 Å². The normalized spacial score (nSPS) is 13.8. The molecule has 8 nitrogen and oxygen atoms in total. The average Bonchev–Trinajstić information content (AvgIpc) is 2.79. The first-order valence-electron chi connectivity index (χ1n) is 10.3. The molecule has 160 valence electrons. The Balaban J connectivity index is 1.59. The lowest BCUT2D eigenvalue weighted by Crippen LogP contribution is -2.30. The number of nitro benzene ring substituents is 1. The van der Waals surface area contributed by atoms with E-state index >= 15 is 0 Å². The lowest BCUT2D eigenvalue weighted by atomic mass is 10.1. The summed E-state index contributed by atoms with van der Waals surface area (Å²) in [6.45, 7) is 4.09. The van der Waals surface area contributed by atoms with E-state index in [0.29, 0.717) is 5.69 Å². The molecule has 8 heteroatoms. The maximum Gasteiger partial charge on any atom is 0.311 e. The summed E-state index contributed by atoms with van der Waals surface area (Å²) in [6.07, 6.45) is 3.64. The second-order valence-electron chi connectivity index (χ2n) is 7.67. The van der Waals surface area contributed by atoms with E-state index in [9.17, 15) is 14.9 Å². The summed E-state index contributed by atoms with van der Waals surface area (Å²) in [6, 6.07) is 11.8. The highest BCUT2D eigenvalue weighted by atomic mass is 16.6. The molecular formula is C23H24N4O4. The van der Waals surface area contributed by atoms with E-state index in [1.807, 2.05) is 19.1 Å². The highest BCUT2D eigenvalue weighted by Gasteiger charge is 2.19.